The number of hydrogen-bond donors (Lipinski definition) is 1. The van der Waals surface area contributed by atoms with E-state index in [4.69, 9.17) is 4.74 Å². The fourth-order valence-electron chi connectivity index (χ4n) is 3.44. The Hall–Kier alpha value is -1.16. The van der Waals surface area contributed by atoms with Crippen molar-refractivity contribution in [1.82, 2.24) is 4.31 Å². The number of sulfonamides is 1. The number of aliphatic hydroxyl groups is 1. The summed E-state index contributed by atoms with van der Waals surface area (Å²) in [6, 6.07) is 15.5. The predicted molar refractivity (Wildman–Crippen MR) is 134 cm³/mol. The van der Waals surface area contributed by atoms with Crippen LogP contribution in [0.15, 0.2) is 48.5 Å². The molecule has 9 heteroatoms. The van der Waals surface area contributed by atoms with Gasteiger partial charge in [0, 0.05) is 19.5 Å². The zero-order valence-corrected chi connectivity index (χ0v) is 22.2. The molecule has 0 atom stereocenters. The fraction of sp³-hybridized carbons (Fsp3) is 0.458. The van der Waals surface area contributed by atoms with Crippen molar-refractivity contribution in [3.8, 4) is 11.1 Å². The molecule has 0 saturated heterocycles. The smallest absolute Gasteiger partial charge is 0.466 e. The summed E-state index contributed by atoms with van der Waals surface area (Å²) in [6.07, 6.45) is 4.89. The van der Waals surface area contributed by atoms with Crippen LogP contribution in [0.25, 0.3) is 11.1 Å². The molecule has 0 amide bonds. The van der Waals surface area contributed by atoms with Gasteiger partial charge in [-0.2, -0.15) is 4.31 Å². The number of unbranched alkanes of at least 4 members (excludes halogenated alkanes) is 3. The summed E-state index contributed by atoms with van der Waals surface area (Å²) >= 11 is 0. The summed E-state index contributed by atoms with van der Waals surface area (Å²) in [7, 11) is -3.32. The number of ether oxygens (including phenoxy) is 1. The van der Waals surface area contributed by atoms with Crippen LogP contribution >= 0.6 is 0 Å². The summed E-state index contributed by atoms with van der Waals surface area (Å²) in [5.74, 6) is -0.176. The minimum Gasteiger partial charge on any atom is -0.466 e. The molecule has 0 spiro atoms. The Balaban J connectivity index is 0.00000512. The maximum Gasteiger partial charge on any atom is 1.00 e. The summed E-state index contributed by atoms with van der Waals surface area (Å²) < 4.78 is 30.9. The van der Waals surface area contributed by atoms with E-state index in [-0.39, 0.29) is 50.5 Å². The molecule has 0 fully saturated rings. The second-order valence-corrected chi connectivity index (χ2v) is 9.56. The van der Waals surface area contributed by atoms with Crippen LogP contribution in [-0.2, 0) is 32.7 Å². The van der Waals surface area contributed by atoms with Gasteiger partial charge in [0.2, 0.25) is 10.0 Å². The molecule has 0 aliphatic carbocycles. The number of rotatable bonds is 13. The van der Waals surface area contributed by atoms with Crippen LogP contribution in [0, 0.1) is 0 Å². The predicted octanol–water partition coefficient (Wildman–Crippen LogP) is -0.326. The minimum atomic E-state index is -3.32. The number of carbonyl (C=O) groups excluding carboxylic acids is 1. The van der Waals surface area contributed by atoms with Gasteiger partial charge < -0.3 is 9.84 Å². The van der Waals surface area contributed by atoms with Gasteiger partial charge in [-0.25, -0.2) is 8.42 Å². The number of aliphatic hydroxyl groups excluding tert-OH is 1. The Morgan fingerprint density at radius 1 is 1.00 bits per heavy atom. The monoisotopic (exact) mass is 485 g/mol. The van der Waals surface area contributed by atoms with Gasteiger partial charge in [-0.15, -0.1) is 0 Å². The molecule has 0 unspecified atom stereocenters. The van der Waals surface area contributed by atoms with Crippen molar-refractivity contribution in [2.75, 3.05) is 19.4 Å². The standard InChI is InChI=1S/C24H33NO5S.BH4.Na/c1-3-30-24(27)12-6-4-5-9-17-25(31(2,28)29)18-20-13-15-21(16-14-20)23-11-8-7-10-22(23)19-26;;/h7-8,10-11,13-16,26H,3-6,9,12,17-19H2,1-2H3;1H4;/q;-1;+1. The molecule has 0 aliphatic heterocycles. The number of benzene rings is 2. The van der Waals surface area contributed by atoms with Crippen molar-refractivity contribution in [1.29, 1.82) is 0 Å². The molecule has 0 heterocycles. The van der Waals surface area contributed by atoms with Gasteiger partial charge in [0.1, 0.15) is 0 Å². The van der Waals surface area contributed by atoms with E-state index in [9.17, 15) is 18.3 Å². The van der Waals surface area contributed by atoms with E-state index >= 15 is 0 Å². The largest absolute Gasteiger partial charge is 1.00 e. The SMILES string of the molecule is CCOC(=O)CCCCCCN(Cc1ccc(-c2ccccc2CO)cc1)S(C)(=O)=O.[BH4-].[Na+]. The topological polar surface area (TPSA) is 83.9 Å². The van der Waals surface area contributed by atoms with Gasteiger partial charge >= 0.3 is 35.5 Å². The normalized spacial score (nSPS) is 10.9. The van der Waals surface area contributed by atoms with Gasteiger partial charge in [0.25, 0.3) is 0 Å². The van der Waals surface area contributed by atoms with Crippen molar-refractivity contribution < 1.29 is 52.6 Å². The molecule has 0 saturated carbocycles. The van der Waals surface area contributed by atoms with Crippen LogP contribution in [0.1, 0.15) is 50.2 Å². The first-order valence-electron chi connectivity index (χ1n) is 10.7. The molecule has 2 rings (SSSR count). The van der Waals surface area contributed by atoms with Crippen LogP contribution in [0.4, 0.5) is 0 Å². The third-order valence-corrected chi connectivity index (χ3v) is 6.37. The number of hydrogen-bond acceptors (Lipinski definition) is 5. The van der Waals surface area contributed by atoms with Crippen LogP contribution in [-0.4, -0.2) is 51.6 Å². The van der Waals surface area contributed by atoms with Crippen molar-refractivity contribution in [3.05, 3.63) is 59.7 Å². The Morgan fingerprint density at radius 3 is 2.24 bits per heavy atom. The molecule has 1 N–H and O–H groups in total. The third-order valence-electron chi connectivity index (χ3n) is 5.12. The van der Waals surface area contributed by atoms with Gasteiger partial charge in [-0.3, -0.25) is 4.79 Å². The van der Waals surface area contributed by atoms with Crippen LogP contribution in [0.3, 0.4) is 0 Å². The van der Waals surface area contributed by atoms with Gasteiger partial charge in [0.15, 0.2) is 0 Å². The third kappa shape index (κ3) is 11.2. The average molecular weight is 485 g/mol. The first-order valence-corrected chi connectivity index (χ1v) is 12.6. The van der Waals surface area contributed by atoms with Crippen LogP contribution < -0.4 is 29.6 Å². The number of nitrogens with zero attached hydrogens (tertiary/aromatic N) is 1. The van der Waals surface area contributed by atoms with E-state index in [1.165, 1.54) is 10.6 Å². The van der Waals surface area contributed by atoms with E-state index < -0.39 is 10.0 Å². The maximum atomic E-state index is 12.2. The molecule has 2 aromatic carbocycles. The molecular weight excluding hydrogens is 448 g/mol. The molecule has 33 heavy (non-hydrogen) atoms. The van der Waals surface area contributed by atoms with Gasteiger partial charge in [0.05, 0.1) is 19.5 Å². The Morgan fingerprint density at radius 2 is 1.64 bits per heavy atom. The van der Waals surface area contributed by atoms with Crippen molar-refractivity contribution >= 4 is 24.4 Å². The summed E-state index contributed by atoms with van der Waals surface area (Å²) in [6.45, 7) is 2.94. The minimum absolute atomic E-state index is 0. The van der Waals surface area contributed by atoms with Crippen LogP contribution in [0.5, 0.6) is 0 Å². The Kier molecular flexibility index (Phi) is 15.9. The summed E-state index contributed by atoms with van der Waals surface area (Å²) in [4.78, 5) is 11.3. The van der Waals surface area contributed by atoms with E-state index in [1.807, 2.05) is 48.5 Å². The van der Waals surface area contributed by atoms with Crippen molar-refractivity contribution in [3.63, 3.8) is 0 Å². The molecule has 0 aromatic heterocycles. The summed E-state index contributed by atoms with van der Waals surface area (Å²) in [5.41, 5.74) is 3.73. The fourth-order valence-corrected chi connectivity index (χ4v) is 4.28. The first-order chi connectivity index (χ1) is 14.8. The molecular formula is C24H37BNNaO5S. The van der Waals surface area contributed by atoms with Crippen LogP contribution in [0.2, 0.25) is 0 Å². The zero-order chi connectivity index (χ0) is 22.7. The molecule has 6 nitrogen and oxygen atoms in total. The molecule has 0 radical (unpaired) electrons. The first kappa shape index (κ1) is 31.8. The van der Waals surface area contributed by atoms with Crippen molar-refractivity contribution in [2.45, 2.75) is 52.2 Å². The van der Waals surface area contributed by atoms with Crippen molar-refractivity contribution in [2.24, 2.45) is 0 Å². The van der Waals surface area contributed by atoms with E-state index in [2.05, 4.69) is 0 Å². The summed E-state index contributed by atoms with van der Waals surface area (Å²) in [5, 5.41) is 9.53. The second kappa shape index (κ2) is 16.5. The molecule has 0 aliphatic rings. The molecule has 2 aromatic rings. The van der Waals surface area contributed by atoms with E-state index in [0.717, 1.165) is 47.9 Å². The van der Waals surface area contributed by atoms with Gasteiger partial charge in [-0.1, -0.05) is 69.8 Å². The maximum absolute atomic E-state index is 12.2. The van der Waals surface area contributed by atoms with Gasteiger partial charge in [-0.05, 0) is 42.0 Å². The molecule has 0 bridgehead atoms. The number of esters is 1. The molecule has 178 valence electrons. The Bertz CT molecular complexity index is 938. The Labute approximate surface area is 222 Å². The average Bonchev–Trinajstić information content (AvgIpc) is 2.75. The second-order valence-electron chi connectivity index (χ2n) is 7.58. The number of carbonyl (C=O) groups is 1. The van der Waals surface area contributed by atoms with E-state index in [0.29, 0.717) is 26.1 Å². The van der Waals surface area contributed by atoms with E-state index in [1.54, 1.807) is 6.92 Å². The zero-order valence-electron chi connectivity index (χ0n) is 19.4. The quantitative estimate of drug-likeness (QED) is 0.239.